The van der Waals surface area contributed by atoms with Crippen LogP contribution in [0, 0.1) is 5.92 Å². The molecule has 12 heavy (non-hydrogen) atoms. The fourth-order valence-corrected chi connectivity index (χ4v) is 1.57. The van der Waals surface area contributed by atoms with Crippen LogP contribution in [-0.2, 0) is 4.74 Å². The van der Waals surface area contributed by atoms with Crippen LogP contribution in [0.3, 0.4) is 0 Å². The molecule has 0 spiro atoms. The molecule has 0 radical (unpaired) electrons. The second-order valence-corrected chi connectivity index (χ2v) is 3.30. The molecule has 4 atom stereocenters. The SMILES string of the molecule is CNB[C@@H]1O[C@H](CO)[C@H](O)C1C. The summed E-state index contributed by atoms with van der Waals surface area (Å²) in [5.41, 5.74) is 0. The molecule has 0 saturated carbocycles. The summed E-state index contributed by atoms with van der Waals surface area (Å²) >= 11 is 0. The minimum absolute atomic E-state index is 0.0159. The first kappa shape index (κ1) is 9.99. The van der Waals surface area contributed by atoms with Gasteiger partial charge in [0, 0.05) is 5.92 Å². The maximum atomic E-state index is 9.54. The third-order valence-corrected chi connectivity index (χ3v) is 2.44. The molecule has 1 rings (SSSR count). The van der Waals surface area contributed by atoms with E-state index in [1.165, 1.54) is 0 Å². The predicted octanol–water partition coefficient (Wildman–Crippen LogP) is -1.73. The van der Waals surface area contributed by atoms with Crippen LogP contribution in [-0.4, -0.2) is 49.5 Å². The van der Waals surface area contributed by atoms with Crippen molar-refractivity contribution in [2.45, 2.75) is 25.1 Å². The molecule has 1 aliphatic heterocycles. The average Bonchev–Trinajstić information content (AvgIpc) is 2.33. The van der Waals surface area contributed by atoms with Crippen molar-refractivity contribution in [3.63, 3.8) is 0 Å². The Bertz CT molecular complexity index is 147. The lowest BCUT2D eigenvalue weighted by molar-refractivity contribution is -0.00569. The van der Waals surface area contributed by atoms with E-state index in [9.17, 15) is 5.11 Å². The van der Waals surface area contributed by atoms with Gasteiger partial charge in [-0.25, -0.2) is 0 Å². The Morgan fingerprint density at radius 3 is 2.67 bits per heavy atom. The quantitative estimate of drug-likeness (QED) is 0.444. The largest absolute Gasteiger partial charge is 0.394 e. The normalized spacial score (nSPS) is 41.7. The third kappa shape index (κ3) is 1.80. The van der Waals surface area contributed by atoms with Gasteiger partial charge in [-0.2, -0.15) is 0 Å². The second kappa shape index (κ2) is 4.23. The summed E-state index contributed by atoms with van der Waals surface area (Å²) in [4.78, 5) is 0. The van der Waals surface area contributed by atoms with Gasteiger partial charge in [0.15, 0.2) is 0 Å². The number of aliphatic hydroxyl groups excluding tert-OH is 2. The molecule has 0 aromatic rings. The summed E-state index contributed by atoms with van der Waals surface area (Å²) in [6.07, 6.45) is -0.938. The highest BCUT2D eigenvalue weighted by atomic mass is 16.5. The molecular formula is C7H16BNO3. The molecule has 0 aromatic heterocycles. The first-order valence-electron chi connectivity index (χ1n) is 4.29. The monoisotopic (exact) mass is 173 g/mol. The van der Waals surface area contributed by atoms with Gasteiger partial charge in [-0.1, -0.05) is 6.92 Å². The van der Waals surface area contributed by atoms with Crippen LogP contribution < -0.4 is 5.23 Å². The standard InChI is InChI=1S/C7H16BNO3/c1-4-6(11)5(3-10)12-7(4)8-9-2/h4-11H,3H2,1-2H3/t4?,5-,6-,7-/m1/s1. The average molecular weight is 173 g/mol. The Morgan fingerprint density at radius 1 is 1.58 bits per heavy atom. The molecule has 0 bridgehead atoms. The number of nitrogens with one attached hydrogen (secondary N) is 1. The van der Waals surface area contributed by atoms with Crippen molar-refractivity contribution >= 4 is 7.41 Å². The van der Waals surface area contributed by atoms with Crippen molar-refractivity contribution in [3.8, 4) is 0 Å². The fourth-order valence-electron chi connectivity index (χ4n) is 1.57. The minimum atomic E-state index is -0.534. The molecule has 0 aromatic carbocycles. The first-order valence-corrected chi connectivity index (χ1v) is 4.29. The molecule has 5 heteroatoms. The van der Waals surface area contributed by atoms with E-state index in [0.29, 0.717) is 7.41 Å². The van der Waals surface area contributed by atoms with Crippen LogP contribution >= 0.6 is 0 Å². The van der Waals surface area contributed by atoms with E-state index in [1.807, 2.05) is 14.0 Å². The van der Waals surface area contributed by atoms with Crippen LogP contribution in [0.4, 0.5) is 0 Å². The summed E-state index contributed by atoms with van der Waals surface area (Å²) in [6, 6.07) is 0.0159. The highest BCUT2D eigenvalue weighted by Gasteiger charge is 2.40. The molecule has 3 N–H and O–H groups in total. The molecule has 1 heterocycles. The van der Waals surface area contributed by atoms with E-state index >= 15 is 0 Å². The number of ether oxygens (including phenoxy) is 1. The van der Waals surface area contributed by atoms with E-state index in [2.05, 4.69) is 5.23 Å². The third-order valence-electron chi connectivity index (χ3n) is 2.44. The molecule has 1 fully saturated rings. The van der Waals surface area contributed by atoms with Crippen LogP contribution in [0.25, 0.3) is 0 Å². The predicted molar refractivity (Wildman–Crippen MR) is 47.1 cm³/mol. The maximum absolute atomic E-state index is 9.54. The van der Waals surface area contributed by atoms with E-state index in [1.54, 1.807) is 0 Å². The molecular weight excluding hydrogens is 157 g/mol. The lowest BCUT2D eigenvalue weighted by Gasteiger charge is -2.12. The van der Waals surface area contributed by atoms with E-state index in [4.69, 9.17) is 9.84 Å². The lowest BCUT2D eigenvalue weighted by atomic mass is 9.77. The minimum Gasteiger partial charge on any atom is -0.394 e. The van der Waals surface area contributed by atoms with Gasteiger partial charge in [-0.15, -0.1) is 0 Å². The van der Waals surface area contributed by atoms with Gasteiger partial charge < -0.3 is 20.2 Å². The van der Waals surface area contributed by atoms with Crippen LogP contribution in [0.5, 0.6) is 0 Å². The van der Waals surface area contributed by atoms with Gasteiger partial charge in [0.05, 0.1) is 18.7 Å². The summed E-state index contributed by atoms with van der Waals surface area (Å²) in [7, 11) is 2.56. The van der Waals surface area contributed by atoms with Crippen LogP contribution in [0.2, 0.25) is 0 Å². The van der Waals surface area contributed by atoms with Crippen LogP contribution in [0.1, 0.15) is 6.92 Å². The summed E-state index contributed by atoms with van der Waals surface area (Å²) in [5.74, 6) is 0.0922. The molecule has 0 aliphatic carbocycles. The van der Waals surface area contributed by atoms with Gasteiger partial charge >= 0.3 is 0 Å². The van der Waals surface area contributed by atoms with E-state index in [0.717, 1.165) is 0 Å². The Labute approximate surface area is 73.2 Å². The van der Waals surface area contributed by atoms with Crippen LogP contribution in [0.15, 0.2) is 0 Å². The van der Waals surface area contributed by atoms with Crippen molar-refractivity contribution in [2.24, 2.45) is 5.92 Å². The molecule has 4 nitrogen and oxygen atoms in total. The topological polar surface area (TPSA) is 61.7 Å². The van der Waals surface area contributed by atoms with Crippen molar-refractivity contribution in [3.05, 3.63) is 0 Å². The molecule has 0 amide bonds. The number of aliphatic hydroxyl groups is 2. The highest BCUT2D eigenvalue weighted by Crippen LogP contribution is 2.25. The fraction of sp³-hybridized carbons (Fsp3) is 1.00. The molecule has 1 unspecified atom stereocenters. The van der Waals surface area contributed by atoms with Crippen molar-refractivity contribution in [2.75, 3.05) is 13.7 Å². The van der Waals surface area contributed by atoms with Gasteiger partial charge in [0.1, 0.15) is 6.10 Å². The molecule has 70 valence electrons. The zero-order valence-corrected chi connectivity index (χ0v) is 7.53. The maximum Gasteiger partial charge on any atom is 0.234 e. The number of hydrogen-bond donors (Lipinski definition) is 3. The van der Waals surface area contributed by atoms with Crippen molar-refractivity contribution < 1.29 is 14.9 Å². The Morgan fingerprint density at radius 2 is 2.25 bits per heavy atom. The lowest BCUT2D eigenvalue weighted by Crippen LogP contribution is -2.33. The molecule has 1 aliphatic rings. The van der Waals surface area contributed by atoms with Crippen molar-refractivity contribution in [1.29, 1.82) is 0 Å². The zero-order chi connectivity index (χ0) is 9.14. The summed E-state index contributed by atoms with van der Waals surface area (Å²) in [5, 5.41) is 21.4. The molecule has 1 saturated heterocycles. The number of rotatable bonds is 3. The Balaban J connectivity index is 2.48. The first-order chi connectivity index (χ1) is 5.70. The Hall–Kier alpha value is -0.0951. The smallest absolute Gasteiger partial charge is 0.234 e. The van der Waals surface area contributed by atoms with Gasteiger partial charge in [0.25, 0.3) is 0 Å². The van der Waals surface area contributed by atoms with Gasteiger partial charge in [0.2, 0.25) is 7.41 Å². The van der Waals surface area contributed by atoms with E-state index < -0.39 is 12.2 Å². The summed E-state index contributed by atoms with van der Waals surface area (Å²) < 4.78 is 5.41. The summed E-state index contributed by atoms with van der Waals surface area (Å²) in [6.45, 7) is 1.83. The second-order valence-electron chi connectivity index (χ2n) is 3.30. The van der Waals surface area contributed by atoms with Gasteiger partial charge in [-0.3, -0.25) is 0 Å². The number of hydrogen-bond acceptors (Lipinski definition) is 4. The van der Waals surface area contributed by atoms with E-state index in [-0.39, 0.29) is 18.5 Å². The highest BCUT2D eigenvalue weighted by molar-refractivity contribution is 6.34. The zero-order valence-electron chi connectivity index (χ0n) is 7.53. The Kier molecular flexibility index (Phi) is 3.52. The van der Waals surface area contributed by atoms with Gasteiger partial charge in [-0.05, 0) is 7.05 Å². The van der Waals surface area contributed by atoms with Crippen molar-refractivity contribution in [1.82, 2.24) is 5.23 Å².